The number of rotatable bonds is 10. The molecule has 0 spiro atoms. The Hall–Kier alpha value is -2.99. The van der Waals surface area contributed by atoms with Crippen LogP contribution in [-0.4, -0.2) is 49.7 Å². The number of halogens is 1. The first-order chi connectivity index (χ1) is 17.1. The Bertz CT molecular complexity index is 1110. The first-order valence-electron chi connectivity index (χ1n) is 12.5. The van der Waals surface area contributed by atoms with E-state index in [0.29, 0.717) is 30.7 Å². The number of ether oxygens (including phenoxy) is 2. The lowest BCUT2D eigenvalue weighted by atomic mass is 9.81. The van der Waals surface area contributed by atoms with Gasteiger partial charge in [0.25, 0.3) is 0 Å². The van der Waals surface area contributed by atoms with E-state index in [1.165, 1.54) is 12.7 Å². The van der Waals surface area contributed by atoms with E-state index < -0.39 is 6.17 Å². The molecule has 1 aromatic heterocycles. The van der Waals surface area contributed by atoms with Gasteiger partial charge < -0.3 is 14.4 Å². The summed E-state index contributed by atoms with van der Waals surface area (Å²) in [5, 5.41) is 0.775. The summed E-state index contributed by atoms with van der Waals surface area (Å²) in [5.41, 5.74) is 2.71. The number of pyridine rings is 1. The number of aryl methyl sites for hydroxylation is 1. The van der Waals surface area contributed by atoms with Gasteiger partial charge in [-0.05, 0) is 86.5 Å². The van der Waals surface area contributed by atoms with Gasteiger partial charge in [-0.25, -0.2) is 4.39 Å². The largest absolute Gasteiger partial charge is 0.497 e. The predicted octanol–water partition coefficient (Wildman–Crippen LogP) is 5.78. The fourth-order valence-electron chi connectivity index (χ4n) is 5.25. The number of alkyl halides is 1. The smallest absolute Gasteiger partial charge is 0.310 e. The number of carbonyl (C=O) groups is 1. The second-order valence-corrected chi connectivity index (χ2v) is 9.40. The number of nitrogens with zero attached hydrogens (tertiary/aromatic N) is 2. The van der Waals surface area contributed by atoms with Crippen LogP contribution >= 0.6 is 0 Å². The van der Waals surface area contributed by atoms with Crippen molar-refractivity contribution in [3.05, 3.63) is 71.9 Å². The van der Waals surface area contributed by atoms with E-state index in [-0.39, 0.29) is 17.8 Å². The number of hydrogen-bond donors (Lipinski definition) is 0. The molecule has 0 bridgehead atoms. The summed E-state index contributed by atoms with van der Waals surface area (Å²) < 4.78 is 25.9. The predicted molar refractivity (Wildman–Crippen MR) is 136 cm³/mol. The van der Waals surface area contributed by atoms with Crippen LogP contribution in [0.4, 0.5) is 4.39 Å². The molecule has 1 unspecified atom stereocenters. The molecule has 5 nitrogen and oxygen atoms in total. The lowest BCUT2D eigenvalue weighted by Crippen LogP contribution is -2.44. The highest BCUT2D eigenvalue weighted by Crippen LogP contribution is 2.35. The molecule has 1 fully saturated rings. The number of piperidine rings is 1. The van der Waals surface area contributed by atoms with E-state index in [1.54, 1.807) is 19.4 Å². The van der Waals surface area contributed by atoms with Crippen molar-refractivity contribution in [2.75, 3.05) is 33.9 Å². The van der Waals surface area contributed by atoms with Crippen molar-refractivity contribution in [3.63, 3.8) is 0 Å². The maximum Gasteiger partial charge on any atom is 0.310 e. The van der Waals surface area contributed by atoms with Crippen LogP contribution in [0, 0.1) is 11.8 Å². The molecular formula is C29H35FN2O3. The van der Waals surface area contributed by atoms with Gasteiger partial charge in [0, 0.05) is 18.1 Å². The van der Waals surface area contributed by atoms with Crippen LogP contribution < -0.4 is 4.74 Å². The van der Waals surface area contributed by atoms with Crippen LogP contribution in [-0.2, 0) is 16.0 Å². The summed E-state index contributed by atoms with van der Waals surface area (Å²) in [5.74, 6) is 0.405. The van der Waals surface area contributed by atoms with Gasteiger partial charge in [-0.3, -0.25) is 9.78 Å². The van der Waals surface area contributed by atoms with E-state index >= 15 is 4.39 Å². The van der Waals surface area contributed by atoms with Crippen molar-refractivity contribution in [1.82, 2.24) is 9.88 Å². The van der Waals surface area contributed by atoms with Gasteiger partial charge in [-0.2, -0.15) is 0 Å². The van der Waals surface area contributed by atoms with Crippen molar-refractivity contribution >= 4 is 16.9 Å². The highest BCUT2D eigenvalue weighted by atomic mass is 19.1. The van der Waals surface area contributed by atoms with E-state index in [1.807, 2.05) is 24.3 Å². The molecule has 0 saturated carbocycles. The molecule has 6 heteroatoms. The molecule has 1 saturated heterocycles. The fraction of sp³-hybridized carbons (Fsp3) is 0.448. The Labute approximate surface area is 207 Å². The minimum absolute atomic E-state index is 0.119. The zero-order valence-electron chi connectivity index (χ0n) is 20.7. The highest BCUT2D eigenvalue weighted by molar-refractivity contribution is 5.83. The van der Waals surface area contributed by atoms with Crippen LogP contribution in [0.15, 0.2) is 60.8 Å². The Morgan fingerprint density at radius 3 is 2.77 bits per heavy atom. The number of carbonyl (C=O) groups excluding carboxylic acids is 1. The average molecular weight is 479 g/mol. The maximum absolute atomic E-state index is 15.5. The number of likely N-dealkylation sites (tertiary alicyclic amines) is 1. The monoisotopic (exact) mass is 478 g/mol. The second-order valence-electron chi connectivity index (χ2n) is 9.40. The quantitative estimate of drug-likeness (QED) is 0.346. The first kappa shape index (κ1) is 25.1. The SMILES string of the molecule is COC(=O)[C@H]1CN(CCCc2ccccc2)CC[C@H]1CCC(F)c1ccnc2ccc(OC)cc12. The fourth-order valence-corrected chi connectivity index (χ4v) is 5.25. The first-order valence-corrected chi connectivity index (χ1v) is 12.5. The number of aromatic nitrogens is 1. The van der Waals surface area contributed by atoms with Crippen LogP contribution in [0.2, 0.25) is 0 Å². The third kappa shape index (κ3) is 6.37. The molecule has 2 heterocycles. The normalized spacial score (nSPS) is 19.4. The molecule has 3 aromatic rings. The summed E-state index contributed by atoms with van der Waals surface area (Å²) in [6, 6.07) is 17.7. The number of methoxy groups -OCH3 is 2. The molecule has 0 radical (unpaired) electrons. The Morgan fingerprint density at radius 2 is 2.00 bits per heavy atom. The van der Waals surface area contributed by atoms with Gasteiger partial charge in [-0.15, -0.1) is 0 Å². The minimum atomic E-state index is -1.13. The number of esters is 1. The number of benzene rings is 2. The van der Waals surface area contributed by atoms with E-state index in [9.17, 15) is 4.79 Å². The summed E-state index contributed by atoms with van der Waals surface area (Å²) >= 11 is 0. The molecule has 1 aliphatic heterocycles. The van der Waals surface area contributed by atoms with Gasteiger partial charge in [0.1, 0.15) is 11.9 Å². The Kier molecular flexibility index (Phi) is 8.69. The highest BCUT2D eigenvalue weighted by Gasteiger charge is 2.35. The minimum Gasteiger partial charge on any atom is -0.497 e. The molecular weight excluding hydrogens is 443 g/mol. The van der Waals surface area contributed by atoms with Crippen LogP contribution in [0.5, 0.6) is 5.75 Å². The van der Waals surface area contributed by atoms with E-state index in [2.05, 4.69) is 34.1 Å². The molecule has 0 amide bonds. The zero-order valence-corrected chi connectivity index (χ0v) is 20.7. The second kappa shape index (κ2) is 12.1. The lowest BCUT2D eigenvalue weighted by molar-refractivity contribution is -0.150. The third-order valence-corrected chi connectivity index (χ3v) is 7.24. The van der Waals surface area contributed by atoms with Crippen molar-refractivity contribution in [2.24, 2.45) is 11.8 Å². The van der Waals surface area contributed by atoms with Crippen LogP contribution in [0.25, 0.3) is 10.9 Å². The summed E-state index contributed by atoms with van der Waals surface area (Å²) in [7, 11) is 3.05. The maximum atomic E-state index is 15.5. The van der Waals surface area contributed by atoms with Crippen LogP contribution in [0.3, 0.4) is 0 Å². The van der Waals surface area contributed by atoms with Crippen molar-refractivity contribution in [1.29, 1.82) is 0 Å². The zero-order chi connectivity index (χ0) is 24.6. The van der Waals surface area contributed by atoms with E-state index in [0.717, 1.165) is 43.3 Å². The average Bonchev–Trinajstić information content (AvgIpc) is 2.91. The Morgan fingerprint density at radius 1 is 1.17 bits per heavy atom. The van der Waals surface area contributed by atoms with Gasteiger partial charge in [0.05, 0.1) is 25.7 Å². The Balaban J connectivity index is 1.36. The molecule has 186 valence electrons. The number of hydrogen-bond acceptors (Lipinski definition) is 5. The van der Waals surface area contributed by atoms with Gasteiger partial charge in [-0.1, -0.05) is 30.3 Å². The lowest BCUT2D eigenvalue weighted by Gasteiger charge is -2.37. The summed E-state index contributed by atoms with van der Waals surface area (Å²) in [4.78, 5) is 19.3. The van der Waals surface area contributed by atoms with Gasteiger partial charge >= 0.3 is 5.97 Å². The molecule has 4 rings (SSSR count). The van der Waals surface area contributed by atoms with Gasteiger partial charge in [0.2, 0.25) is 0 Å². The van der Waals surface area contributed by atoms with Crippen molar-refractivity contribution in [3.8, 4) is 5.75 Å². The van der Waals surface area contributed by atoms with Crippen LogP contribution in [0.1, 0.15) is 43.0 Å². The molecule has 2 aromatic carbocycles. The van der Waals surface area contributed by atoms with E-state index in [4.69, 9.17) is 9.47 Å². The molecule has 3 atom stereocenters. The summed E-state index contributed by atoms with van der Waals surface area (Å²) in [6.45, 7) is 2.56. The third-order valence-electron chi connectivity index (χ3n) is 7.24. The summed E-state index contributed by atoms with van der Waals surface area (Å²) in [6.07, 6.45) is 4.49. The number of fused-ring (bicyclic) bond motifs is 1. The molecule has 1 aliphatic rings. The van der Waals surface area contributed by atoms with Gasteiger partial charge in [0.15, 0.2) is 0 Å². The van der Waals surface area contributed by atoms with Crippen molar-refractivity contribution < 1.29 is 18.7 Å². The molecule has 0 aliphatic carbocycles. The standard InChI is InChI=1S/C29H35FN2O3/c1-34-23-11-13-28-25(19-23)24(14-16-31-28)27(30)12-10-22-15-18-32(20-26(22)29(33)35-2)17-6-9-21-7-4-3-5-8-21/h3-5,7-8,11,13-14,16,19,22,26-27H,6,9-10,12,15,17-18,20H2,1-2H3/t22-,26+,27?/m1/s1. The topological polar surface area (TPSA) is 51.7 Å². The molecule has 0 N–H and O–H groups in total. The molecule has 35 heavy (non-hydrogen) atoms. The van der Waals surface area contributed by atoms with Crippen molar-refractivity contribution in [2.45, 2.75) is 38.3 Å².